The SMILES string of the molecule is O=C(O)CCc1csc(CCOCC(F)(F)F)n1. The van der Waals surface area contributed by atoms with Gasteiger partial charge in [0.15, 0.2) is 0 Å². The van der Waals surface area contributed by atoms with E-state index in [1.807, 2.05) is 0 Å². The monoisotopic (exact) mass is 283 g/mol. The standard InChI is InChI=1S/C10H12F3NO3S/c11-10(12,13)6-17-4-3-8-14-7(5-18-8)1-2-9(15)16/h5H,1-4,6H2,(H,15,16). The molecular formula is C10H12F3NO3S. The number of halogens is 3. The molecule has 0 atom stereocenters. The highest BCUT2D eigenvalue weighted by Gasteiger charge is 2.27. The van der Waals surface area contributed by atoms with E-state index in [0.29, 0.717) is 23.5 Å². The molecule has 1 N–H and O–H groups in total. The van der Waals surface area contributed by atoms with Crippen LogP contribution in [-0.4, -0.2) is 35.4 Å². The van der Waals surface area contributed by atoms with Gasteiger partial charge in [-0.25, -0.2) is 4.98 Å². The van der Waals surface area contributed by atoms with Crippen molar-refractivity contribution >= 4 is 17.3 Å². The number of hydrogen-bond acceptors (Lipinski definition) is 4. The number of carboxylic acid groups (broad SMARTS) is 1. The zero-order valence-electron chi connectivity index (χ0n) is 9.37. The summed E-state index contributed by atoms with van der Waals surface area (Å²) in [4.78, 5) is 14.4. The first-order chi connectivity index (χ1) is 8.37. The molecule has 0 aromatic carbocycles. The molecule has 1 heterocycles. The largest absolute Gasteiger partial charge is 0.481 e. The number of hydrogen-bond donors (Lipinski definition) is 1. The van der Waals surface area contributed by atoms with Crippen molar-refractivity contribution < 1.29 is 27.8 Å². The van der Waals surface area contributed by atoms with Crippen molar-refractivity contribution in [1.82, 2.24) is 4.98 Å². The minimum atomic E-state index is -4.31. The fourth-order valence-electron chi connectivity index (χ4n) is 1.16. The quantitative estimate of drug-likeness (QED) is 0.780. The van der Waals surface area contributed by atoms with E-state index < -0.39 is 18.8 Å². The van der Waals surface area contributed by atoms with Crippen LogP contribution >= 0.6 is 11.3 Å². The average Bonchev–Trinajstić information content (AvgIpc) is 2.68. The fraction of sp³-hybridized carbons (Fsp3) is 0.600. The third kappa shape index (κ3) is 6.55. The van der Waals surface area contributed by atoms with Crippen LogP contribution in [0.4, 0.5) is 13.2 Å². The van der Waals surface area contributed by atoms with E-state index in [4.69, 9.17) is 5.11 Å². The lowest BCUT2D eigenvalue weighted by atomic mass is 10.2. The first-order valence-electron chi connectivity index (χ1n) is 5.16. The summed E-state index contributed by atoms with van der Waals surface area (Å²) in [5, 5.41) is 10.8. The number of aromatic nitrogens is 1. The lowest BCUT2D eigenvalue weighted by molar-refractivity contribution is -0.173. The summed E-state index contributed by atoms with van der Waals surface area (Å²) >= 11 is 1.29. The van der Waals surface area contributed by atoms with Crippen LogP contribution in [0, 0.1) is 0 Å². The van der Waals surface area contributed by atoms with Gasteiger partial charge in [-0.05, 0) is 0 Å². The second-order valence-corrected chi connectivity index (χ2v) is 4.49. The second kappa shape index (κ2) is 6.69. The summed E-state index contributed by atoms with van der Waals surface area (Å²) in [5.74, 6) is -0.905. The van der Waals surface area contributed by atoms with Crippen LogP contribution in [0.3, 0.4) is 0 Å². The van der Waals surface area contributed by atoms with Gasteiger partial charge < -0.3 is 9.84 Å². The molecule has 4 nitrogen and oxygen atoms in total. The molecular weight excluding hydrogens is 271 g/mol. The maximum absolute atomic E-state index is 11.8. The number of aliphatic carboxylic acids is 1. The number of rotatable bonds is 7. The molecule has 18 heavy (non-hydrogen) atoms. The van der Waals surface area contributed by atoms with Gasteiger partial charge in [0, 0.05) is 18.2 Å². The normalized spacial score (nSPS) is 11.7. The van der Waals surface area contributed by atoms with Gasteiger partial charge in [-0.2, -0.15) is 13.2 Å². The van der Waals surface area contributed by atoms with E-state index >= 15 is 0 Å². The summed E-state index contributed by atoms with van der Waals surface area (Å²) in [6, 6.07) is 0. The number of thiazole rings is 1. The minimum absolute atomic E-state index is 0.00620. The molecule has 0 spiro atoms. The Hall–Kier alpha value is -1.15. The van der Waals surface area contributed by atoms with Gasteiger partial charge in [0.2, 0.25) is 0 Å². The number of ether oxygens (including phenoxy) is 1. The fourth-order valence-corrected chi connectivity index (χ4v) is 1.97. The Kier molecular flexibility index (Phi) is 5.54. The number of nitrogens with zero attached hydrogens (tertiary/aromatic N) is 1. The third-order valence-corrected chi connectivity index (χ3v) is 2.88. The predicted octanol–water partition coefficient (Wildman–Crippen LogP) is 2.28. The highest BCUT2D eigenvalue weighted by Crippen LogP contribution is 2.15. The lowest BCUT2D eigenvalue weighted by Crippen LogP contribution is -2.17. The minimum Gasteiger partial charge on any atom is -0.481 e. The predicted molar refractivity (Wildman–Crippen MR) is 58.6 cm³/mol. The van der Waals surface area contributed by atoms with E-state index in [1.54, 1.807) is 5.38 Å². The molecule has 0 aliphatic heterocycles. The molecule has 0 aliphatic carbocycles. The highest BCUT2D eigenvalue weighted by molar-refractivity contribution is 7.09. The van der Waals surface area contributed by atoms with Crippen LogP contribution in [0.2, 0.25) is 0 Å². The highest BCUT2D eigenvalue weighted by atomic mass is 32.1. The molecule has 0 aliphatic rings. The van der Waals surface area contributed by atoms with Crippen molar-refractivity contribution in [3.63, 3.8) is 0 Å². The Morgan fingerprint density at radius 3 is 2.78 bits per heavy atom. The summed E-state index contributed by atoms with van der Waals surface area (Å²) < 4.78 is 39.8. The third-order valence-electron chi connectivity index (χ3n) is 1.92. The molecule has 0 fully saturated rings. The van der Waals surface area contributed by atoms with Gasteiger partial charge in [-0.3, -0.25) is 4.79 Å². The van der Waals surface area contributed by atoms with Crippen LogP contribution in [0.1, 0.15) is 17.1 Å². The number of carbonyl (C=O) groups is 1. The molecule has 0 unspecified atom stereocenters. The van der Waals surface area contributed by atoms with Crippen molar-refractivity contribution in [3.8, 4) is 0 Å². The average molecular weight is 283 g/mol. The Bertz CT molecular complexity index is 392. The summed E-state index contributed by atoms with van der Waals surface area (Å²) in [5.41, 5.74) is 0.647. The zero-order chi connectivity index (χ0) is 13.6. The second-order valence-electron chi connectivity index (χ2n) is 3.54. The van der Waals surface area contributed by atoms with Crippen molar-refractivity contribution in [2.24, 2.45) is 0 Å². The zero-order valence-corrected chi connectivity index (χ0v) is 10.2. The topological polar surface area (TPSA) is 59.4 Å². The smallest absolute Gasteiger partial charge is 0.411 e. The van der Waals surface area contributed by atoms with Crippen molar-refractivity contribution in [2.45, 2.75) is 25.4 Å². The molecule has 0 bridgehead atoms. The van der Waals surface area contributed by atoms with Gasteiger partial charge in [0.25, 0.3) is 0 Å². The maximum atomic E-state index is 11.8. The number of aryl methyl sites for hydroxylation is 1. The molecule has 1 aromatic heterocycles. The van der Waals surface area contributed by atoms with E-state index in [2.05, 4.69) is 9.72 Å². The van der Waals surface area contributed by atoms with E-state index in [9.17, 15) is 18.0 Å². The van der Waals surface area contributed by atoms with Gasteiger partial charge in [0.1, 0.15) is 6.61 Å². The molecule has 102 valence electrons. The van der Waals surface area contributed by atoms with Crippen LogP contribution in [0.5, 0.6) is 0 Å². The van der Waals surface area contributed by atoms with E-state index in [0.717, 1.165) is 0 Å². The summed E-state index contributed by atoms with van der Waals surface area (Å²) in [6.45, 7) is -1.31. The van der Waals surface area contributed by atoms with E-state index in [-0.39, 0.29) is 13.0 Å². The molecule has 0 amide bonds. The van der Waals surface area contributed by atoms with Gasteiger partial charge in [-0.1, -0.05) is 0 Å². The Morgan fingerprint density at radius 2 is 2.17 bits per heavy atom. The van der Waals surface area contributed by atoms with Crippen molar-refractivity contribution in [3.05, 3.63) is 16.1 Å². The van der Waals surface area contributed by atoms with Gasteiger partial charge >= 0.3 is 12.1 Å². The van der Waals surface area contributed by atoms with Crippen LogP contribution in [0.25, 0.3) is 0 Å². The van der Waals surface area contributed by atoms with Crippen LogP contribution in [0.15, 0.2) is 5.38 Å². The molecule has 0 saturated heterocycles. The van der Waals surface area contributed by atoms with Gasteiger partial charge in [-0.15, -0.1) is 11.3 Å². The van der Waals surface area contributed by atoms with Gasteiger partial charge in [0.05, 0.1) is 23.7 Å². The summed E-state index contributed by atoms with van der Waals surface area (Å²) in [7, 11) is 0. The molecule has 0 saturated carbocycles. The van der Waals surface area contributed by atoms with E-state index in [1.165, 1.54) is 11.3 Å². The Labute approximate surface area is 105 Å². The first kappa shape index (κ1) is 14.9. The Balaban J connectivity index is 2.25. The van der Waals surface area contributed by atoms with Crippen molar-refractivity contribution in [2.75, 3.05) is 13.2 Å². The molecule has 8 heteroatoms. The maximum Gasteiger partial charge on any atom is 0.411 e. The van der Waals surface area contributed by atoms with Crippen molar-refractivity contribution in [1.29, 1.82) is 0 Å². The Morgan fingerprint density at radius 1 is 1.44 bits per heavy atom. The number of alkyl halides is 3. The lowest BCUT2D eigenvalue weighted by Gasteiger charge is -2.06. The van der Waals surface area contributed by atoms with Crippen LogP contribution in [-0.2, 0) is 22.4 Å². The molecule has 0 radical (unpaired) electrons. The summed E-state index contributed by atoms with van der Waals surface area (Å²) in [6.07, 6.45) is -3.69. The number of carboxylic acids is 1. The molecule has 1 rings (SSSR count). The van der Waals surface area contributed by atoms with Crippen LogP contribution < -0.4 is 0 Å². The molecule has 1 aromatic rings. The first-order valence-corrected chi connectivity index (χ1v) is 6.04.